The molecule has 1 rings (SSSR count). The van der Waals surface area contributed by atoms with Crippen molar-refractivity contribution in [1.29, 1.82) is 0 Å². The van der Waals surface area contributed by atoms with E-state index in [1.165, 1.54) is 6.08 Å². The summed E-state index contributed by atoms with van der Waals surface area (Å²) in [5, 5.41) is 0. The first kappa shape index (κ1) is 13.7. The highest BCUT2D eigenvalue weighted by Crippen LogP contribution is 2.25. The molecule has 0 radical (unpaired) electrons. The van der Waals surface area contributed by atoms with Gasteiger partial charge in [0.25, 0.3) is 0 Å². The van der Waals surface area contributed by atoms with Gasteiger partial charge in [0.15, 0.2) is 23.3 Å². The van der Waals surface area contributed by atoms with Gasteiger partial charge in [0.1, 0.15) is 0 Å². The molecule has 0 saturated carbocycles. The highest BCUT2D eigenvalue weighted by atomic mass is 19.2. The van der Waals surface area contributed by atoms with Crippen molar-refractivity contribution < 1.29 is 22.0 Å². The largest absolute Gasteiger partial charge is 0.203 e. The third-order valence-corrected chi connectivity index (χ3v) is 1.99. The third-order valence-electron chi connectivity index (χ3n) is 1.99. The van der Waals surface area contributed by atoms with E-state index < -0.39 is 40.1 Å². The summed E-state index contributed by atoms with van der Waals surface area (Å²) in [4.78, 5) is 0. The minimum atomic E-state index is -2.15. The Balaban J connectivity index is 3.40. The Morgan fingerprint density at radius 3 is 1.41 bits per heavy atom. The van der Waals surface area contributed by atoms with Crippen LogP contribution in [0.1, 0.15) is 26.3 Å². The number of halogens is 5. The topological polar surface area (TPSA) is 0 Å². The van der Waals surface area contributed by atoms with Crippen molar-refractivity contribution in [2.75, 3.05) is 0 Å². The summed E-state index contributed by atoms with van der Waals surface area (Å²) < 4.78 is 64.8. The van der Waals surface area contributed by atoms with Crippen LogP contribution in [0.25, 0.3) is 6.08 Å². The lowest BCUT2D eigenvalue weighted by Crippen LogP contribution is -2.05. The first-order valence-electron chi connectivity index (χ1n) is 4.86. The molecule has 1 aromatic rings. The minimum absolute atomic E-state index is 0.430. The van der Waals surface area contributed by atoms with Crippen LogP contribution in [0.5, 0.6) is 0 Å². The van der Waals surface area contributed by atoms with Crippen LogP contribution in [-0.2, 0) is 0 Å². The Hall–Kier alpha value is -1.39. The summed E-state index contributed by atoms with van der Waals surface area (Å²) in [5.74, 6) is -9.65. The van der Waals surface area contributed by atoms with E-state index in [9.17, 15) is 22.0 Å². The molecule has 0 bridgehead atoms. The molecule has 17 heavy (non-hydrogen) atoms. The Labute approximate surface area is 95.8 Å². The van der Waals surface area contributed by atoms with Gasteiger partial charge in [0.05, 0.1) is 5.56 Å². The van der Waals surface area contributed by atoms with Crippen molar-refractivity contribution in [3.8, 4) is 0 Å². The smallest absolute Gasteiger partial charge is 0.200 e. The summed E-state index contributed by atoms with van der Waals surface area (Å²) in [7, 11) is 0. The maximum Gasteiger partial charge on any atom is 0.200 e. The molecule has 0 aliphatic heterocycles. The number of benzene rings is 1. The van der Waals surface area contributed by atoms with Gasteiger partial charge in [-0.25, -0.2) is 22.0 Å². The number of hydrogen-bond donors (Lipinski definition) is 0. The molecule has 0 saturated heterocycles. The Morgan fingerprint density at radius 2 is 1.06 bits per heavy atom. The van der Waals surface area contributed by atoms with Crippen molar-refractivity contribution in [3.63, 3.8) is 0 Å². The van der Waals surface area contributed by atoms with Crippen LogP contribution in [0.2, 0.25) is 0 Å². The van der Waals surface area contributed by atoms with Gasteiger partial charge in [-0.1, -0.05) is 32.9 Å². The lowest BCUT2D eigenvalue weighted by atomic mass is 9.95. The zero-order chi connectivity index (χ0) is 13.4. The van der Waals surface area contributed by atoms with Crippen LogP contribution < -0.4 is 0 Å². The first-order chi connectivity index (χ1) is 7.65. The molecule has 0 unspecified atom stereocenters. The average molecular weight is 250 g/mol. The maximum absolute atomic E-state index is 13.2. The highest BCUT2D eigenvalue weighted by molar-refractivity contribution is 5.52. The summed E-state index contributed by atoms with van der Waals surface area (Å²) in [6.45, 7) is 5.20. The van der Waals surface area contributed by atoms with E-state index in [-0.39, 0.29) is 0 Å². The lowest BCUT2D eigenvalue weighted by molar-refractivity contribution is 0.376. The zero-order valence-electron chi connectivity index (χ0n) is 9.54. The van der Waals surface area contributed by atoms with Gasteiger partial charge in [0, 0.05) is 0 Å². The lowest BCUT2D eigenvalue weighted by Gasteiger charge is -2.11. The fourth-order valence-corrected chi connectivity index (χ4v) is 1.10. The molecule has 1 aromatic carbocycles. The summed E-state index contributed by atoms with van der Waals surface area (Å²) in [6.07, 6.45) is 2.27. The molecule has 0 N–H and O–H groups in total. The second-order valence-corrected chi connectivity index (χ2v) is 4.68. The summed E-state index contributed by atoms with van der Waals surface area (Å²) in [5.41, 5.74) is -1.35. The molecule has 0 heterocycles. The molecule has 5 heteroatoms. The molecule has 0 aromatic heterocycles. The Kier molecular flexibility index (Phi) is 3.59. The molecule has 0 atom stereocenters. The van der Waals surface area contributed by atoms with Crippen molar-refractivity contribution in [2.45, 2.75) is 20.8 Å². The highest BCUT2D eigenvalue weighted by Gasteiger charge is 2.24. The van der Waals surface area contributed by atoms with Gasteiger partial charge >= 0.3 is 0 Å². The van der Waals surface area contributed by atoms with E-state index in [1.54, 1.807) is 20.8 Å². The molecule has 0 aliphatic rings. The molecule has 0 amide bonds. The number of hydrogen-bond acceptors (Lipinski definition) is 0. The first-order valence-corrected chi connectivity index (χ1v) is 4.86. The van der Waals surface area contributed by atoms with Crippen LogP contribution >= 0.6 is 0 Å². The summed E-state index contributed by atoms with van der Waals surface area (Å²) in [6, 6.07) is 0. The van der Waals surface area contributed by atoms with Crippen molar-refractivity contribution in [1.82, 2.24) is 0 Å². The third kappa shape index (κ3) is 2.84. The van der Waals surface area contributed by atoms with E-state index in [0.29, 0.717) is 0 Å². The standard InChI is InChI=1S/C12H11F5/c1-12(2,3)5-4-6-7(13)9(15)11(17)10(16)8(6)14/h4-5H,1-3H3/b5-4+. The molecular formula is C12H11F5. The van der Waals surface area contributed by atoms with Gasteiger partial charge in [-0.2, -0.15) is 0 Å². The van der Waals surface area contributed by atoms with E-state index in [4.69, 9.17) is 0 Å². The fourth-order valence-electron chi connectivity index (χ4n) is 1.10. The number of allylic oxidation sites excluding steroid dienone is 1. The van der Waals surface area contributed by atoms with E-state index in [2.05, 4.69) is 0 Å². The normalized spacial score (nSPS) is 12.5. The van der Waals surface area contributed by atoms with Crippen LogP contribution in [0.3, 0.4) is 0 Å². The van der Waals surface area contributed by atoms with Gasteiger partial charge in [-0.05, 0) is 5.41 Å². The van der Waals surface area contributed by atoms with E-state index in [0.717, 1.165) is 6.08 Å². The zero-order valence-corrected chi connectivity index (χ0v) is 9.54. The molecule has 0 aliphatic carbocycles. The predicted molar refractivity (Wildman–Crippen MR) is 54.7 cm³/mol. The SMILES string of the molecule is CC(C)(C)/C=C/c1c(F)c(F)c(F)c(F)c1F. The predicted octanol–water partition coefficient (Wildman–Crippen LogP) is 4.44. The summed E-state index contributed by atoms with van der Waals surface area (Å²) >= 11 is 0. The Morgan fingerprint density at radius 1 is 0.706 bits per heavy atom. The molecule has 0 spiro atoms. The molecule has 94 valence electrons. The van der Waals surface area contributed by atoms with E-state index >= 15 is 0 Å². The quantitative estimate of drug-likeness (QED) is 0.392. The van der Waals surface area contributed by atoms with Gasteiger partial charge in [-0.3, -0.25) is 0 Å². The molecular weight excluding hydrogens is 239 g/mol. The number of rotatable bonds is 1. The average Bonchev–Trinajstić information content (AvgIpc) is 2.22. The van der Waals surface area contributed by atoms with Crippen molar-refractivity contribution in [2.24, 2.45) is 5.41 Å². The van der Waals surface area contributed by atoms with Crippen molar-refractivity contribution in [3.05, 3.63) is 40.7 Å². The molecule has 0 fully saturated rings. The van der Waals surface area contributed by atoms with Crippen LogP contribution in [0.15, 0.2) is 6.08 Å². The van der Waals surface area contributed by atoms with Gasteiger partial charge in [0.2, 0.25) is 5.82 Å². The van der Waals surface area contributed by atoms with E-state index in [1.807, 2.05) is 0 Å². The minimum Gasteiger partial charge on any atom is -0.203 e. The fraction of sp³-hybridized carbons (Fsp3) is 0.333. The second-order valence-electron chi connectivity index (χ2n) is 4.68. The Bertz CT molecular complexity index is 440. The monoisotopic (exact) mass is 250 g/mol. The van der Waals surface area contributed by atoms with Gasteiger partial charge in [-0.15, -0.1) is 0 Å². The van der Waals surface area contributed by atoms with Crippen LogP contribution in [-0.4, -0.2) is 0 Å². The van der Waals surface area contributed by atoms with Crippen LogP contribution in [0.4, 0.5) is 22.0 Å². The second kappa shape index (κ2) is 4.47. The van der Waals surface area contributed by atoms with Crippen LogP contribution in [0, 0.1) is 34.5 Å². The van der Waals surface area contributed by atoms with Gasteiger partial charge < -0.3 is 0 Å². The van der Waals surface area contributed by atoms with Crippen molar-refractivity contribution >= 4 is 6.08 Å². The molecule has 0 nitrogen and oxygen atoms in total. The maximum atomic E-state index is 13.2.